The lowest BCUT2D eigenvalue weighted by Gasteiger charge is -2.18. The molecule has 0 saturated carbocycles. The zero-order valence-electron chi connectivity index (χ0n) is 15.7. The van der Waals surface area contributed by atoms with Crippen molar-refractivity contribution in [3.05, 3.63) is 89.9 Å². The third kappa shape index (κ3) is 5.16. The number of esters is 1. The van der Waals surface area contributed by atoms with Crippen molar-refractivity contribution in [2.45, 2.75) is 13.0 Å². The monoisotopic (exact) mass is 394 g/mol. The number of halogens is 1. The molecule has 0 aliphatic carbocycles. The Labute approximate surface area is 167 Å². The van der Waals surface area contributed by atoms with Crippen molar-refractivity contribution >= 4 is 17.6 Å². The summed E-state index contributed by atoms with van der Waals surface area (Å²) in [5.74, 6) is -1.61. The van der Waals surface area contributed by atoms with Crippen LogP contribution in [-0.2, 0) is 9.53 Å². The standard InChI is InChI=1S/C22H19FN2O4/c1-2-28-21-18(9-6-14-24-21)22(27)29-19(15-7-4-3-5-8-15)20(26)25-17-12-10-16(23)11-13-17/h3-14,19H,2H2,1H3,(H,25,26)/t19-/m0/s1. The first-order chi connectivity index (χ1) is 14.1. The molecule has 0 saturated heterocycles. The fraction of sp³-hybridized carbons (Fsp3) is 0.136. The first-order valence-corrected chi connectivity index (χ1v) is 8.98. The molecule has 3 aromatic rings. The van der Waals surface area contributed by atoms with Crippen LogP contribution in [0.2, 0.25) is 0 Å². The van der Waals surface area contributed by atoms with Gasteiger partial charge in [0.2, 0.25) is 12.0 Å². The maximum absolute atomic E-state index is 13.1. The molecule has 0 bridgehead atoms. The van der Waals surface area contributed by atoms with Gasteiger partial charge >= 0.3 is 5.97 Å². The van der Waals surface area contributed by atoms with Crippen molar-refractivity contribution in [1.82, 2.24) is 4.98 Å². The molecule has 1 atom stereocenters. The number of carbonyl (C=O) groups excluding carboxylic acids is 2. The van der Waals surface area contributed by atoms with Gasteiger partial charge in [0.25, 0.3) is 5.91 Å². The minimum absolute atomic E-state index is 0.116. The predicted molar refractivity (Wildman–Crippen MR) is 105 cm³/mol. The van der Waals surface area contributed by atoms with E-state index in [0.717, 1.165) is 0 Å². The second-order valence-corrected chi connectivity index (χ2v) is 5.98. The Balaban J connectivity index is 1.85. The van der Waals surface area contributed by atoms with E-state index in [9.17, 15) is 14.0 Å². The van der Waals surface area contributed by atoms with Gasteiger partial charge in [-0.15, -0.1) is 0 Å². The summed E-state index contributed by atoms with van der Waals surface area (Å²) in [5, 5.41) is 2.63. The third-order valence-electron chi connectivity index (χ3n) is 3.95. The molecule has 0 fully saturated rings. The maximum Gasteiger partial charge on any atom is 0.344 e. The zero-order chi connectivity index (χ0) is 20.6. The van der Waals surface area contributed by atoms with Gasteiger partial charge in [-0.25, -0.2) is 14.2 Å². The molecule has 1 heterocycles. The number of nitrogens with one attached hydrogen (secondary N) is 1. The molecule has 7 heteroatoms. The Hall–Kier alpha value is -3.74. The van der Waals surface area contributed by atoms with Gasteiger partial charge in [-0.1, -0.05) is 30.3 Å². The van der Waals surface area contributed by atoms with E-state index in [1.807, 2.05) is 0 Å². The minimum atomic E-state index is -1.22. The second kappa shape index (κ2) is 9.45. The summed E-state index contributed by atoms with van der Waals surface area (Å²) in [6.45, 7) is 2.09. The summed E-state index contributed by atoms with van der Waals surface area (Å²) in [4.78, 5) is 29.6. The molecule has 29 heavy (non-hydrogen) atoms. The number of rotatable bonds is 7. The van der Waals surface area contributed by atoms with Gasteiger partial charge in [-0.3, -0.25) is 4.79 Å². The fourth-order valence-corrected chi connectivity index (χ4v) is 2.61. The Morgan fingerprint density at radius 1 is 1.03 bits per heavy atom. The van der Waals surface area contributed by atoms with Gasteiger partial charge in [0, 0.05) is 17.4 Å². The van der Waals surface area contributed by atoms with E-state index in [1.165, 1.54) is 36.5 Å². The number of benzene rings is 2. The smallest absolute Gasteiger partial charge is 0.344 e. The van der Waals surface area contributed by atoms with Crippen LogP contribution in [0, 0.1) is 5.82 Å². The number of amides is 1. The van der Waals surface area contributed by atoms with E-state index in [-0.39, 0.29) is 11.4 Å². The largest absolute Gasteiger partial charge is 0.477 e. The summed E-state index contributed by atoms with van der Waals surface area (Å²) in [6.07, 6.45) is 0.279. The van der Waals surface area contributed by atoms with Crippen molar-refractivity contribution in [1.29, 1.82) is 0 Å². The van der Waals surface area contributed by atoms with Gasteiger partial charge in [0.05, 0.1) is 6.61 Å². The summed E-state index contributed by atoms with van der Waals surface area (Å²) in [7, 11) is 0. The highest BCUT2D eigenvalue weighted by Gasteiger charge is 2.27. The summed E-state index contributed by atoms with van der Waals surface area (Å²) >= 11 is 0. The third-order valence-corrected chi connectivity index (χ3v) is 3.95. The fourth-order valence-electron chi connectivity index (χ4n) is 2.61. The van der Waals surface area contributed by atoms with Gasteiger partial charge in [0.15, 0.2) is 0 Å². The highest BCUT2D eigenvalue weighted by molar-refractivity contribution is 5.98. The van der Waals surface area contributed by atoms with Gasteiger partial charge in [-0.2, -0.15) is 0 Å². The number of anilines is 1. The molecule has 1 amide bonds. The SMILES string of the molecule is CCOc1ncccc1C(=O)O[C@H](C(=O)Nc1ccc(F)cc1)c1ccccc1. The van der Waals surface area contributed by atoms with Crippen LogP contribution < -0.4 is 10.1 Å². The molecule has 148 valence electrons. The molecule has 0 aliphatic rings. The first-order valence-electron chi connectivity index (χ1n) is 8.98. The van der Waals surface area contributed by atoms with Crippen molar-refractivity contribution in [3.63, 3.8) is 0 Å². The summed E-state index contributed by atoms with van der Waals surface area (Å²) in [5.41, 5.74) is 0.983. The number of hydrogen-bond acceptors (Lipinski definition) is 5. The van der Waals surface area contributed by atoms with Crippen molar-refractivity contribution in [2.24, 2.45) is 0 Å². The van der Waals surface area contributed by atoms with Gasteiger partial charge in [-0.05, 0) is 43.3 Å². The highest BCUT2D eigenvalue weighted by atomic mass is 19.1. The lowest BCUT2D eigenvalue weighted by Crippen LogP contribution is -2.26. The van der Waals surface area contributed by atoms with E-state index in [4.69, 9.17) is 9.47 Å². The molecule has 0 aliphatic heterocycles. The number of aromatic nitrogens is 1. The predicted octanol–water partition coefficient (Wildman–Crippen LogP) is 4.16. The van der Waals surface area contributed by atoms with E-state index >= 15 is 0 Å². The van der Waals surface area contributed by atoms with Crippen LogP contribution in [0.25, 0.3) is 0 Å². The average Bonchev–Trinajstić information content (AvgIpc) is 2.74. The van der Waals surface area contributed by atoms with Crippen LogP contribution >= 0.6 is 0 Å². The molecule has 3 rings (SSSR count). The van der Waals surface area contributed by atoms with E-state index in [2.05, 4.69) is 10.3 Å². The van der Waals surface area contributed by atoms with Crippen LogP contribution in [0.1, 0.15) is 28.9 Å². The van der Waals surface area contributed by atoms with Crippen LogP contribution in [0.4, 0.5) is 10.1 Å². The number of nitrogens with zero attached hydrogens (tertiary/aromatic N) is 1. The molecule has 0 spiro atoms. The van der Waals surface area contributed by atoms with E-state index in [1.54, 1.807) is 43.3 Å². The van der Waals surface area contributed by atoms with E-state index < -0.39 is 23.8 Å². The van der Waals surface area contributed by atoms with E-state index in [0.29, 0.717) is 17.9 Å². The molecular formula is C22H19FN2O4. The molecule has 0 unspecified atom stereocenters. The van der Waals surface area contributed by atoms with Crippen LogP contribution in [0.3, 0.4) is 0 Å². The highest BCUT2D eigenvalue weighted by Crippen LogP contribution is 2.24. The van der Waals surface area contributed by atoms with Gasteiger partial charge in [0.1, 0.15) is 11.4 Å². The second-order valence-electron chi connectivity index (χ2n) is 5.98. The summed E-state index contributed by atoms with van der Waals surface area (Å²) in [6, 6.07) is 17.0. The number of pyridine rings is 1. The average molecular weight is 394 g/mol. The minimum Gasteiger partial charge on any atom is -0.477 e. The van der Waals surface area contributed by atoms with Crippen LogP contribution in [0.15, 0.2) is 72.9 Å². The lowest BCUT2D eigenvalue weighted by molar-refractivity contribution is -0.125. The number of hydrogen-bond donors (Lipinski definition) is 1. The molecule has 6 nitrogen and oxygen atoms in total. The van der Waals surface area contributed by atoms with Crippen molar-refractivity contribution in [3.8, 4) is 5.88 Å². The Morgan fingerprint density at radius 2 is 1.76 bits per heavy atom. The Kier molecular flexibility index (Phi) is 6.52. The lowest BCUT2D eigenvalue weighted by atomic mass is 10.1. The molecule has 0 radical (unpaired) electrons. The Bertz CT molecular complexity index is 978. The molecule has 1 N–H and O–H groups in total. The van der Waals surface area contributed by atoms with Crippen LogP contribution in [-0.4, -0.2) is 23.5 Å². The summed E-state index contributed by atoms with van der Waals surface area (Å²) < 4.78 is 24.0. The van der Waals surface area contributed by atoms with Crippen molar-refractivity contribution < 1.29 is 23.5 Å². The van der Waals surface area contributed by atoms with Gasteiger partial charge < -0.3 is 14.8 Å². The number of carbonyl (C=O) groups is 2. The quantitative estimate of drug-likeness (QED) is 0.609. The molecular weight excluding hydrogens is 375 g/mol. The normalized spacial score (nSPS) is 11.4. The first kappa shape index (κ1) is 20.0. The maximum atomic E-state index is 13.1. The number of ether oxygens (including phenoxy) is 2. The Morgan fingerprint density at radius 3 is 2.45 bits per heavy atom. The zero-order valence-corrected chi connectivity index (χ0v) is 15.7. The molecule has 2 aromatic carbocycles. The topological polar surface area (TPSA) is 77.5 Å². The van der Waals surface area contributed by atoms with Crippen LogP contribution in [0.5, 0.6) is 5.88 Å². The van der Waals surface area contributed by atoms with Crippen molar-refractivity contribution in [2.75, 3.05) is 11.9 Å². The molecule has 1 aromatic heterocycles.